The molecule has 2 rings (SSSR count). The van der Waals surface area contributed by atoms with E-state index in [2.05, 4.69) is 17.5 Å². The van der Waals surface area contributed by atoms with Gasteiger partial charge in [-0.1, -0.05) is 48.9 Å². The Morgan fingerprint density at radius 2 is 1.83 bits per heavy atom. The van der Waals surface area contributed by atoms with Gasteiger partial charge in [0.1, 0.15) is 5.75 Å². The highest BCUT2D eigenvalue weighted by Gasteiger charge is 2.13. The summed E-state index contributed by atoms with van der Waals surface area (Å²) < 4.78 is 5.61. The molecule has 0 radical (unpaired) electrons. The maximum atomic E-state index is 12.0. The largest absolute Gasteiger partial charge is 0.481 e. The van der Waals surface area contributed by atoms with E-state index in [0.717, 1.165) is 12.0 Å². The number of carbonyl (C=O) groups is 1. The molecule has 1 amide bonds. The van der Waals surface area contributed by atoms with Crippen molar-refractivity contribution < 1.29 is 9.53 Å². The SMILES string of the molecule is CCc1ccc(OC(C)C(=O)NN=Cc2ccc(C)cc2)cc1. The first-order valence-corrected chi connectivity index (χ1v) is 7.73. The molecule has 0 fully saturated rings. The van der Waals surface area contributed by atoms with Crippen LogP contribution in [0.3, 0.4) is 0 Å². The van der Waals surface area contributed by atoms with Crippen LogP contribution in [0, 0.1) is 6.92 Å². The summed E-state index contributed by atoms with van der Waals surface area (Å²) in [7, 11) is 0. The fraction of sp³-hybridized carbons (Fsp3) is 0.263. The van der Waals surface area contributed by atoms with Gasteiger partial charge in [-0.3, -0.25) is 4.79 Å². The van der Waals surface area contributed by atoms with E-state index in [0.29, 0.717) is 5.75 Å². The minimum Gasteiger partial charge on any atom is -0.481 e. The van der Waals surface area contributed by atoms with Crippen molar-refractivity contribution in [3.05, 3.63) is 65.2 Å². The first-order chi connectivity index (χ1) is 11.1. The Bertz CT molecular complexity index is 661. The highest BCUT2D eigenvalue weighted by atomic mass is 16.5. The lowest BCUT2D eigenvalue weighted by Crippen LogP contribution is -2.33. The van der Waals surface area contributed by atoms with Crippen LogP contribution in [0.1, 0.15) is 30.5 Å². The summed E-state index contributed by atoms with van der Waals surface area (Å²) in [6.45, 7) is 5.82. The van der Waals surface area contributed by atoms with Crippen LogP contribution in [0.25, 0.3) is 0 Å². The Hall–Kier alpha value is -2.62. The first kappa shape index (κ1) is 16.7. The van der Waals surface area contributed by atoms with Crippen LogP contribution in [0.15, 0.2) is 53.6 Å². The molecule has 0 saturated heterocycles. The normalized spacial score (nSPS) is 12.1. The van der Waals surface area contributed by atoms with E-state index < -0.39 is 6.10 Å². The van der Waals surface area contributed by atoms with Crippen LogP contribution in [0.5, 0.6) is 5.75 Å². The zero-order chi connectivity index (χ0) is 16.7. The maximum Gasteiger partial charge on any atom is 0.280 e. The molecule has 0 bridgehead atoms. The summed E-state index contributed by atoms with van der Waals surface area (Å²) in [4.78, 5) is 12.0. The third-order valence-electron chi connectivity index (χ3n) is 3.48. The molecule has 23 heavy (non-hydrogen) atoms. The van der Waals surface area contributed by atoms with E-state index in [4.69, 9.17) is 4.74 Å². The summed E-state index contributed by atoms with van der Waals surface area (Å²) in [5.74, 6) is 0.389. The van der Waals surface area contributed by atoms with Crippen molar-refractivity contribution in [2.24, 2.45) is 5.10 Å². The van der Waals surface area contributed by atoms with Gasteiger partial charge in [-0.2, -0.15) is 5.10 Å². The molecule has 1 unspecified atom stereocenters. The molecule has 0 saturated carbocycles. The molecule has 120 valence electrons. The zero-order valence-electron chi connectivity index (χ0n) is 13.7. The molecule has 2 aromatic carbocycles. The monoisotopic (exact) mass is 310 g/mol. The number of rotatable bonds is 6. The maximum absolute atomic E-state index is 12.0. The van der Waals surface area contributed by atoms with Gasteiger partial charge in [-0.25, -0.2) is 5.43 Å². The van der Waals surface area contributed by atoms with E-state index in [1.807, 2.05) is 55.5 Å². The van der Waals surface area contributed by atoms with Gasteiger partial charge in [-0.15, -0.1) is 0 Å². The van der Waals surface area contributed by atoms with Gasteiger partial charge in [0.2, 0.25) is 0 Å². The minimum absolute atomic E-state index is 0.284. The standard InChI is InChI=1S/C19H22N2O2/c1-4-16-9-11-18(12-10-16)23-15(3)19(22)21-20-13-17-7-5-14(2)6-8-17/h5-13,15H,4H2,1-3H3,(H,21,22). The molecule has 4 nitrogen and oxygen atoms in total. The second-order valence-corrected chi connectivity index (χ2v) is 5.40. The number of hydrazone groups is 1. The van der Waals surface area contributed by atoms with Gasteiger partial charge in [-0.05, 0) is 43.5 Å². The number of nitrogens with one attached hydrogen (secondary N) is 1. The topological polar surface area (TPSA) is 50.7 Å². The predicted octanol–water partition coefficient (Wildman–Crippen LogP) is 3.48. The molecule has 2 aromatic rings. The van der Waals surface area contributed by atoms with Gasteiger partial charge < -0.3 is 4.74 Å². The third-order valence-corrected chi connectivity index (χ3v) is 3.48. The molecule has 0 aliphatic heterocycles. The average molecular weight is 310 g/mol. The van der Waals surface area contributed by atoms with Gasteiger partial charge in [0.05, 0.1) is 6.21 Å². The van der Waals surface area contributed by atoms with Crippen molar-refractivity contribution in [3.63, 3.8) is 0 Å². The summed E-state index contributed by atoms with van der Waals surface area (Å²) in [6, 6.07) is 15.6. The Morgan fingerprint density at radius 3 is 2.43 bits per heavy atom. The Kier molecular flexibility index (Phi) is 5.92. The smallest absolute Gasteiger partial charge is 0.280 e. The molecule has 0 aromatic heterocycles. The number of amides is 1. The molecule has 1 atom stereocenters. The lowest BCUT2D eigenvalue weighted by atomic mass is 10.2. The highest BCUT2D eigenvalue weighted by Crippen LogP contribution is 2.14. The van der Waals surface area contributed by atoms with E-state index in [1.165, 1.54) is 11.1 Å². The highest BCUT2D eigenvalue weighted by molar-refractivity contribution is 5.84. The van der Waals surface area contributed by atoms with Crippen molar-refractivity contribution in [2.45, 2.75) is 33.3 Å². The van der Waals surface area contributed by atoms with Crippen LogP contribution in [0.4, 0.5) is 0 Å². The number of carbonyl (C=O) groups excluding carboxylic acids is 1. The molecule has 0 aliphatic rings. The van der Waals surface area contributed by atoms with E-state index in [9.17, 15) is 4.79 Å². The third kappa shape index (κ3) is 5.25. The zero-order valence-corrected chi connectivity index (χ0v) is 13.7. The van der Waals surface area contributed by atoms with Gasteiger partial charge >= 0.3 is 0 Å². The van der Waals surface area contributed by atoms with Crippen molar-refractivity contribution in [3.8, 4) is 5.75 Å². The second kappa shape index (κ2) is 8.13. The summed E-state index contributed by atoms with van der Waals surface area (Å²) >= 11 is 0. The molecular formula is C19H22N2O2. The second-order valence-electron chi connectivity index (χ2n) is 5.40. The Morgan fingerprint density at radius 1 is 1.17 bits per heavy atom. The van der Waals surface area contributed by atoms with Crippen LogP contribution in [-0.4, -0.2) is 18.2 Å². The van der Waals surface area contributed by atoms with Crippen LogP contribution in [0.2, 0.25) is 0 Å². The number of hydrogen-bond acceptors (Lipinski definition) is 3. The predicted molar refractivity (Wildman–Crippen MR) is 92.8 cm³/mol. The molecule has 0 spiro atoms. The fourth-order valence-electron chi connectivity index (χ4n) is 1.98. The Labute approximate surface area is 137 Å². The molecule has 1 N–H and O–H groups in total. The molecule has 0 aliphatic carbocycles. The van der Waals surface area contributed by atoms with Crippen molar-refractivity contribution in [2.75, 3.05) is 0 Å². The molecule has 4 heteroatoms. The van der Waals surface area contributed by atoms with Gasteiger partial charge in [0.25, 0.3) is 5.91 Å². The first-order valence-electron chi connectivity index (χ1n) is 7.73. The number of ether oxygens (including phenoxy) is 1. The van der Waals surface area contributed by atoms with Gasteiger partial charge in [0.15, 0.2) is 6.10 Å². The lowest BCUT2D eigenvalue weighted by Gasteiger charge is -2.13. The summed E-state index contributed by atoms with van der Waals surface area (Å²) in [5.41, 5.74) is 5.84. The number of hydrogen-bond donors (Lipinski definition) is 1. The number of aryl methyl sites for hydroxylation is 2. The quantitative estimate of drug-likeness (QED) is 0.656. The Balaban J connectivity index is 1.85. The molecule has 0 heterocycles. The minimum atomic E-state index is -0.613. The van der Waals surface area contributed by atoms with E-state index in [1.54, 1.807) is 13.1 Å². The number of nitrogens with zero attached hydrogens (tertiary/aromatic N) is 1. The van der Waals surface area contributed by atoms with Crippen LogP contribution >= 0.6 is 0 Å². The average Bonchev–Trinajstić information content (AvgIpc) is 2.57. The lowest BCUT2D eigenvalue weighted by molar-refractivity contribution is -0.127. The van der Waals surface area contributed by atoms with Crippen molar-refractivity contribution in [1.82, 2.24) is 5.43 Å². The summed E-state index contributed by atoms with van der Waals surface area (Å²) in [5, 5.41) is 3.96. The molecular weight excluding hydrogens is 288 g/mol. The van der Waals surface area contributed by atoms with Crippen LogP contribution in [-0.2, 0) is 11.2 Å². The number of benzene rings is 2. The van der Waals surface area contributed by atoms with E-state index in [-0.39, 0.29) is 5.91 Å². The fourth-order valence-corrected chi connectivity index (χ4v) is 1.98. The summed E-state index contributed by atoms with van der Waals surface area (Å²) in [6.07, 6.45) is 1.97. The van der Waals surface area contributed by atoms with Gasteiger partial charge in [0, 0.05) is 0 Å². The van der Waals surface area contributed by atoms with Crippen molar-refractivity contribution in [1.29, 1.82) is 0 Å². The van der Waals surface area contributed by atoms with Crippen molar-refractivity contribution >= 4 is 12.1 Å². The van der Waals surface area contributed by atoms with Crippen LogP contribution < -0.4 is 10.2 Å². The van der Waals surface area contributed by atoms with E-state index >= 15 is 0 Å².